The molecule has 0 aliphatic heterocycles. The zero-order valence-corrected chi connectivity index (χ0v) is 9.99. The van der Waals surface area contributed by atoms with Gasteiger partial charge in [0.2, 0.25) is 0 Å². The van der Waals surface area contributed by atoms with Gasteiger partial charge in [-0.1, -0.05) is 13.8 Å². The Morgan fingerprint density at radius 1 is 1.40 bits per heavy atom. The van der Waals surface area contributed by atoms with E-state index in [4.69, 9.17) is 10.8 Å². The van der Waals surface area contributed by atoms with Crippen LogP contribution >= 0.6 is 0 Å². The van der Waals surface area contributed by atoms with E-state index in [9.17, 15) is 13.2 Å². The quantitative estimate of drug-likeness (QED) is 0.741. The van der Waals surface area contributed by atoms with Crippen LogP contribution in [0.25, 0.3) is 0 Å². The maximum Gasteiger partial charge on any atom is 0.329 e. The number of carboxylic acids is 1. The first kappa shape index (κ1) is 16.5. The van der Waals surface area contributed by atoms with Crippen molar-refractivity contribution < 1.29 is 18.3 Å². The molecule has 0 aromatic rings. The zero-order chi connectivity index (χ0) is 12.4. The van der Waals surface area contributed by atoms with Gasteiger partial charge in [0.05, 0.1) is 0 Å². The topological polar surface area (TPSA) is 110 Å². The molecule has 0 heterocycles. The second-order valence-electron chi connectivity index (χ2n) is 3.31. The number of carboxylic acid groups (broad SMARTS) is 1. The summed E-state index contributed by atoms with van der Waals surface area (Å²) < 4.78 is 22.2. The summed E-state index contributed by atoms with van der Waals surface area (Å²) >= 11 is 0. The first-order valence-electron chi connectivity index (χ1n) is 4.54. The van der Waals surface area contributed by atoms with Crippen molar-refractivity contribution in [3.8, 4) is 0 Å². The molecule has 0 aliphatic carbocycles. The van der Waals surface area contributed by atoms with Gasteiger partial charge in [0.1, 0.15) is 0 Å². The van der Waals surface area contributed by atoms with Crippen LogP contribution in [-0.2, 0) is 15.3 Å². The summed E-state index contributed by atoms with van der Waals surface area (Å²) in [6, 6.07) is -1.18. The third kappa shape index (κ3) is 15.8. The Morgan fingerprint density at radius 2 is 1.87 bits per heavy atom. The van der Waals surface area contributed by atoms with E-state index < -0.39 is 22.5 Å². The molecule has 0 aromatic heterocycles. The molecule has 90 valence electrons. The average molecular weight is 238 g/mol. The van der Waals surface area contributed by atoms with Crippen LogP contribution in [0.15, 0.2) is 4.36 Å². The third-order valence-electron chi connectivity index (χ3n) is 1.35. The van der Waals surface area contributed by atoms with Crippen LogP contribution in [0, 0.1) is 5.92 Å². The summed E-state index contributed by atoms with van der Waals surface area (Å²) in [4.78, 5) is 9.87. The molecule has 0 saturated heterocycles. The van der Waals surface area contributed by atoms with Gasteiger partial charge in [-0.25, -0.2) is 4.79 Å². The van der Waals surface area contributed by atoms with E-state index in [1.54, 1.807) is 0 Å². The number of aliphatic carboxylic acids is 1. The molecule has 0 radical (unpaired) electrons. The summed E-state index contributed by atoms with van der Waals surface area (Å²) in [5.41, 5.74) is 5.23. The lowest BCUT2D eigenvalue weighted by Crippen LogP contribution is -2.12. The van der Waals surface area contributed by atoms with Gasteiger partial charge in [-0.05, 0) is 25.8 Å². The van der Waals surface area contributed by atoms with E-state index in [0.29, 0.717) is 0 Å². The molecule has 0 aliphatic rings. The maximum absolute atomic E-state index is 9.87. The SMILES string of the molecule is CC(C)CCN.CC(N=S(=O)=O)C(=O)O. The Bertz CT molecular complexity index is 290. The highest BCUT2D eigenvalue weighted by Gasteiger charge is 2.07. The average Bonchev–Trinajstić information content (AvgIpc) is 2.03. The van der Waals surface area contributed by atoms with Crippen LogP contribution in [-0.4, -0.2) is 32.1 Å². The largest absolute Gasteiger partial charge is 0.480 e. The van der Waals surface area contributed by atoms with Gasteiger partial charge < -0.3 is 10.8 Å². The van der Waals surface area contributed by atoms with Gasteiger partial charge in [-0.2, -0.15) is 12.8 Å². The summed E-state index contributed by atoms with van der Waals surface area (Å²) in [6.45, 7) is 6.36. The van der Waals surface area contributed by atoms with E-state index in [-0.39, 0.29) is 0 Å². The fourth-order valence-electron chi connectivity index (χ4n) is 0.508. The minimum Gasteiger partial charge on any atom is -0.480 e. The van der Waals surface area contributed by atoms with E-state index in [1.165, 1.54) is 6.92 Å². The van der Waals surface area contributed by atoms with Gasteiger partial charge >= 0.3 is 16.5 Å². The van der Waals surface area contributed by atoms with Gasteiger partial charge in [0.15, 0.2) is 6.04 Å². The number of hydrogen-bond donors (Lipinski definition) is 2. The van der Waals surface area contributed by atoms with Crippen molar-refractivity contribution in [1.82, 2.24) is 0 Å². The summed E-state index contributed by atoms with van der Waals surface area (Å²) in [7, 11) is -2.62. The minimum atomic E-state index is -2.62. The molecule has 6 nitrogen and oxygen atoms in total. The van der Waals surface area contributed by atoms with Crippen molar-refractivity contribution in [3.63, 3.8) is 0 Å². The fraction of sp³-hybridized carbons (Fsp3) is 0.875. The van der Waals surface area contributed by atoms with E-state index >= 15 is 0 Å². The minimum absolute atomic E-state index is 0.773. The molecule has 0 rings (SSSR count). The van der Waals surface area contributed by atoms with Crippen molar-refractivity contribution in [1.29, 1.82) is 0 Å². The molecule has 0 amide bonds. The predicted molar refractivity (Wildman–Crippen MR) is 57.0 cm³/mol. The molecule has 1 unspecified atom stereocenters. The second kappa shape index (κ2) is 9.60. The molecule has 3 N–H and O–H groups in total. The van der Waals surface area contributed by atoms with Crippen molar-refractivity contribution >= 4 is 16.5 Å². The van der Waals surface area contributed by atoms with Crippen LogP contribution in [0.1, 0.15) is 27.2 Å². The van der Waals surface area contributed by atoms with Crippen LogP contribution in [0.5, 0.6) is 0 Å². The highest BCUT2D eigenvalue weighted by atomic mass is 32.2. The number of nitrogens with two attached hydrogens (primary N) is 1. The van der Waals surface area contributed by atoms with E-state index in [2.05, 4.69) is 18.2 Å². The fourth-order valence-corrected chi connectivity index (χ4v) is 0.856. The maximum atomic E-state index is 9.87. The molecular formula is C8H18N2O4S. The van der Waals surface area contributed by atoms with Crippen LogP contribution < -0.4 is 5.73 Å². The lowest BCUT2D eigenvalue weighted by Gasteiger charge is -1.96. The summed E-state index contributed by atoms with van der Waals surface area (Å²) in [6.07, 6.45) is 1.15. The first-order valence-corrected chi connectivity index (χ1v) is 5.57. The van der Waals surface area contributed by atoms with E-state index in [1.807, 2.05) is 0 Å². The van der Waals surface area contributed by atoms with Gasteiger partial charge in [0, 0.05) is 0 Å². The van der Waals surface area contributed by atoms with Gasteiger partial charge in [-0.3, -0.25) is 0 Å². The smallest absolute Gasteiger partial charge is 0.329 e. The highest BCUT2D eigenvalue weighted by molar-refractivity contribution is 7.61. The van der Waals surface area contributed by atoms with Crippen LogP contribution in [0.2, 0.25) is 0 Å². The highest BCUT2D eigenvalue weighted by Crippen LogP contribution is 1.93. The lowest BCUT2D eigenvalue weighted by molar-refractivity contribution is -0.137. The molecule has 15 heavy (non-hydrogen) atoms. The van der Waals surface area contributed by atoms with Gasteiger partial charge in [0.25, 0.3) is 0 Å². The number of carbonyl (C=O) groups is 1. The van der Waals surface area contributed by atoms with Crippen molar-refractivity contribution in [2.24, 2.45) is 16.0 Å². The third-order valence-corrected chi connectivity index (χ3v) is 1.83. The Morgan fingerprint density at radius 3 is 1.93 bits per heavy atom. The summed E-state index contributed by atoms with van der Waals surface area (Å²) in [5, 5.41) is 8.06. The molecule has 0 aromatic carbocycles. The predicted octanol–water partition coefficient (Wildman–Crippen LogP) is 0.513. The van der Waals surface area contributed by atoms with Gasteiger partial charge in [-0.15, -0.1) is 0 Å². The normalized spacial score (nSPS) is 11.3. The Labute approximate surface area is 91.2 Å². The number of rotatable bonds is 4. The Kier molecular flexibility index (Phi) is 10.5. The molecule has 0 fully saturated rings. The van der Waals surface area contributed by atoms with Crippen molar-refractivity contribution in [2.45, 2.75) is 33.2 Å². The Hall–Kier alpha value is -0.950. The zero-order valence-electron chi connectivity index (χ0n) is 9.17. The van der Waals surface area contributed by atoms with E-state index in [0.717, 1.165) is 18.9 Å². The van der Waals surface area contributed by atoms with Crippen LogP contribution in [0.3, 0.4) is 0 Å². The second-order valence-corrected chi connectivity index (χ2v) is 3.95. The molecule has 0 saturated carbocycles. The van der Waals surface area contributed by atoms with Crippen molar-refractivity contribution in [3.05, 3.63) is 0 Å². The first-order chi connectivity index (χ1) is 6.81. The van der Waals surface area contributed by atoms with Crippen molar-refractivity contribution in [2.75, 3.05) is 6.54 Å². The monoisotopic (exact) mass is 238 g/mol. The molecule has 1 atom stereocenters. The number of nitrogens with zero attached hydrogens (tertiary/aromatic N) is 1. The molecule has 0 bridgehead atoms. The Balaban J connectivity index is 0. The molecular weight excluding hydrogens is 220 g/mol. The molecule has 7 heteroatoms. The summed E-state index contributed by atoms with van der Waals surface area (Å²) in [5.74, 6) is -0.478. The number of hydrogen-bond acceptors (Lipinski definition) is 5. The lowest BCUT2D eigenvalue weighted by atomic mass is 10.1. The standard InChI is InChI=1S/C5H13N.C3H5NO4S/c1-5(2)3-4-6;1-2(3(5)6)4-9(7)8/h5H,3-4,6H2,1-2H3;2H,1H3,(H,5,6). The molecule has 0 spiro atoms. The van der Waals surface area contributed by atoms with Crippen LogP contribution in [0.4, 0.5) is 0 Å².